The maximum atomic E-state index is 13.3. The van der Waals surface area contributed by atoms with Gasteiger partial charge in [-0.25, -0.2) is 9.18 Å². The molecule has 0 fully saturated rings. The van der Waals surface area contributed by atoms with Gasteiger partial charge in [-0.3, -0.25) is 0 Å². The van der Waals surface area contributed by atoms with Crippen LogP contribution in [0.5, 0.6) is 0 Å². The van der Waals surface area contributed by atoms with E-state index < -0.39 is 35.2 Å². The molecule has 0 radical (unpaired) electrons. The highest BCUT2D eigenvalue weighted by Crippen LogP contribution is 2.33. The minimum absolute atomic E-state index is 0.343. The largest absolute Gasteiger partial charge is 0.459 e. The van der Waals surface area contributed by atoms with Crippen molar-refractivity contribution < 1.29 is 27.1 Å². The highest BCUT2D eigenvalue weighted by Gasteiger charge is 2.36. The Hall–Kier alpha value is -1.59. The van der Waals surface area contributed by atoms with E-state index in [1.54, 1.807) is 0 Å². The fraction of sp³-hybridized carbons (Fsp3) is 0.696. The summed E-state index contributed by atoms with van der Waals surface area (Å²) in [6, 6.07) is 2.05. The molecule has 0 spiro atoms. The molecule has 1 aromatic carbocycles. The van der Waals surface area contributed by atoms with E-state index in [0.29, 0.717) is 18.9 Å². The highest BCUT2D eigenvalue weighted by molar-refractivity contribution is 5.91. The lowest BCUT2D eigenvalue weighted by atomic mass is 10.0. The molecule has 0 aliphatic heterocycles. The zero-order valence-electron chi connectivity index (χ0n) is 17.6. The zero-order chi connectivity index (χ0) is 21.7. The van der Waals surface area contributed by atoms with E-state index in [1.807, 2.05) is 6.92 Å². The van der Waals surface area contributed by atoms with Gasteiger partial charge in [-0.05, 0) is 37.5 Å². The van der Waals surface area contributed by atoms with Crippen LogP contribution in [0.2, 0.25) is 0 Å². The highest BCUT2D eigenvalue weighted by atomic mass is 19.4. The minimum Gasteiger partial charge on any atom is -0.459 e. The van der Waals surface area contributed by atoms with Crippen LogP contribution in [0.1, 0.15) is 107 Å². The van der Waals surface area contributed by atoms with Gasteiger partial charge in [0.25, 0.3) is 0 Å². The smallest absolute Gasteiger partial charge is 0.417 e. The first-order valence-corrected chi connectivity index (χ1v) is 10.9. The molecule has 0 saturated heterocycles. The molecule has 1 atom stereocenters. The number of benzene rings is 1. The van der Waals surface area contributed by atoms with Crippen molar-refractivity contribution in [3.63, 3.8) is 0 Å². The molecule has 0 aromatic heterocycles. The van der Waals surface area contributed by atoms with Gasteiger partial charge >= 0.3 is 12.1 Å². The summed E-state index contributed by atoms with van der Waals surface area (Å²) in [4.78, 5) is 12.4. The lowest BCUT2D eigenvalue weighted by Crippen LogP contribution is -2.21. The second-order valence-corrected chi connectivity index (χ2v) is 7.62. The van der Waals surface area contributed by atoms with E-state index in [4.69, 9.17) is 4.74 Å². The molecule has 0 N–H and O–H groups in total. The number of carbonyl (C=O) groups excluding carboxylic acids is 1. The molecular formula is C23H34F4O2. The predicted molar refractivity (Wildman–Crippen MR) is 107 cm³/mol. The van der Waals surface area contributed by atoms with Gasteiger partial charge < -0.3 is 4.74 Å². The number of ether oxygens (including phenoxy) is 1. The molecule has 0 saturated carbocycles. The van der Waals surface area contributed by atoms with Crippen molar-refractivity contribution in [2.45, 2.75) is 103 Å². The van der Waals surface area contributed by atoms with Crippen molar-refractivity contribution in [2.24, 2.45) is 0 Å². The summed E-state index contributed by atoms with van der Waals surface area (Å²) in [6.07, 6.45) is 6.97. The molecule has 29 heavy (non-hydrogen) atoms. The molecule has 0 amide bonds. The molecule has 1 unspecified atom stereocenters. The zero-order valence-corrected chi connectivity index (χ0v) is 17.6. The summed E-state index contributed by atoms with van der Waals surface area (Å²) in [5.74, 6) is -2.06. The molecule has 0 aliphatic rings. The van der Waals surface area contributed by atoms with E-state index in [2.05, 4.69) is 6.92 Å². The average molecular weight is 419 g/mol. The van der Waals surface area contributed by atoms with Crippen LogP contribution < -0.4 is 0 Å². The van der Waals surface area contributed by atoms with Gasteiger partial charge in [0.15, 0.2) is 0 Å². The molecule has 0 bridgehead atoms. The van der Waals surface area contributed by atoms with Crippen LogP contribution in [0.3, 0.4) is 0 Å². The fourth-order valence-corrected chi connectivity index (χ4v) is 3.34. The maximum absolute atomic E-state index is 13.3. The first kappa shape index (κ1) is 25.4. The van der Waals surface area contributed by atoms with E-state index >= 15 is 0 Å². The van der Waals surface area contributed by atoms with E-state index in [-0.39, 0.29) is 0 Å². The summed E-state index contributed by atoms with van der Waals surface area (Å²) >= 11 is 0. The van der Waals surface area contributed by atoms with Gasteiger partial charge in [0, 0.05) is 0 Å². The Labute approximate surface area is 172 Å². The SMILES string of the molecule is CCCCCCCCCCC(CCCC)OC(=O)c1ccc(F)cc1C(F)(F)F. The Morgan fingerprint density at radius 3 is 2.03 bits per heavy atom. The van der Waals surface area contributed by atoms with Crippen LogP contribution in [-0.2, 0) is 10.9 Å². The third-order valence-corrected chi connectivity index (χ3v) is 5.04. The van der Waals surface area contributed by atoms with Crippen molar-refractivity contribution in [1.29, 1.82) is 0 Å². The average Bonchev–Trinajstić information content (AvgIpc) is 2.67. The van der Waals surface area contributed by atoms with E-state index in [0.717, 1.165) is 44.2 Å². The van der Waals surface area contributed by atoms with Crippen LogP contribution in [0.4, 0.5) is 17.6 Å². The number of rotatable bonds is 14. The van der Waals surface area contributed by atoms with E-state index in [1.165, 1.54) is 32.1 Å². The van der Waals surface area contributed by atoms with Crippen LogP contribution in [0, 0.1) is 5.82 Å². The third kappa shape index (κ3) is 10.1. The van der Waals surface area contributed by atoms with Gasteiger partial charge in [0.05, 0.1) is 11.1 Å². The number of carbonyl (C=O) groups is 1. The maximum Gasteiger partial charge on any atom is 0.417 e. The Balaban J connectivity index is 2.61. The van der Waals surface area contributed by atoms with Crippen LogP contribution in [0.25, 0.3) is 0 Å². The lowest BCUT2D eigenvalue weighted by molar-refractivity contribution is -0.138. The van der Waals surface area contributed by atoms with Crippen molar-refractivity contribution in [1.82, 2.24) is 0 Å². The summed E-state index contributed by atoms with van der Waals surface area (Å²) in [7, 11) is 0. The number of halogens is 4. The van der Waals surface area contributed by atoms with Gasteiger partial charge in [-0.1, -0.05) is 71.6 Å². The lowest BCUT2D eigenvalue weighted by Gasteiger charge is -2.19. The fourth-order valence-electron chi connectivity index (χ4n) is 3.34. The second kappa shape index (κ2) is 13.6. The second-order valence-electron chi connectivity index (χ2n) is 7.62. The molecule has 166 valence electrons. The van der Waals surface area contributed by atoms with Crippen LogP contribution in [-0.4, -0.2) is 12.1 Å². The standard InChI is InChI=1S/C23H34F4O2/c1-3-5-7-8-9-10-11-12-14-19(13-6-4-2)29-22(28)20-16-15-18(24)17-21(20)23(25,26)27/h15-17,19H,3-14H2,1-2H3. The molecule has 0 aliphatic carbocycles. The number of alkyl halides is 3. The Morgan fingerprint density at radius 1 is 0.897 bits per heavy atom. The summed E-state index contributed by atoms with van der Waals surface area (Å²) < 4.78 is 58.1. The molecule has 1 aromatic rings. The summed E-state index contributed by atoms with van der Waals surface area (Å²) in [5, 5.41) is 0. The molecule has 0 heterocycles. The Kier molecular flexibility index (Phi) is 11.9. The first-order valence-electron chi connectivity index (χ1n) is 10.9. The number of hydrogen-bond acceptors (Lipinski definition) is 2. The quantitative estimate of drug-likeness (QED) is 0.173. The van der Waals surface area contributed by atoms with Gasteiger partial charge in [0.2, 0.25) is 0 Å². The molecule has 2 nitrogen and oxygen atoms in total. The molecular weight excluding hydrogens is 384 g/mol. The third-order valence-electron chi connectivity index (χ3n) is 5.04. The van der Waals surface area contributed by atoms with E-state index in [9.17, 15) is 22.4 Å². The van der Waals surface area contributed by atoms with Crippen LogP contribution >= 0.6 is 0 Å². The van der Waals surface area contributed by atoms with Crippen molar-refractivity contribution in [3.8, 4) is 0 Å². The number of unbranched alkanes of at least 4 members (excludes halogenated alkanes) is 8. The monoisotopic (exact) mass is 418 g/mol. The predicted octanol–water partition coefficient (Wildman–Crippen LogP) is 8.09. The minimum atomic E-state index is -4.81. The number of hydrogen-bond donors (Lipinski definition) is 0. The normalized spacial score (nSPS) is 12.8. The van der Waals surface area contributed by atoms with Crippen LogP contribution in [0.15, 0.2) is 18.2 Å². The van der Waals surface area contributed by atoms with Gasteiger partial charge in [-0.15, -0.1) is 0 Å². The summed E-state index contributed by atoms with van der Waals surface area (Å²) in [5.41, 5.74) is -1.92. The van der Waals surface area contributed by atoms with Crippen molar-refractivity contribution >= 4 is 5.97 Å². The number of esters is 1. The van der Waals surface area contributed by atoms with Crippen molar-refractivity contribution in [3.05, 3.63) is 35.1 Å². The molecule has 6 heteroatoms. The van der Waals surface area contributed by atoms with Crippen molar-refractivity contribution in [2.75, 3.05) is 0 Å². The van der Waals surface area contributed by atoms with Gasteiger partial charge in [0.1, 0.15) is 11.9 Å². The first-order chi connectivity index (χ1) is 13.8. The Morgan fingerprint density at radius 2 is 1.45 bits per heavy atom. The van der Waals surface area contributed by atoms with Gasteiger partial charge in [-0.2, -0.15) is 13.2 Å². The summed E-state index contributed by atoms with van der Waals surface area (Å²) in [6.45, 7) is 4.19. The Bertz CT molecular complexity index is 599. The molecule has 1 rings (SSSR count). The topological polar surface area (TPSA) is 26.3 Å².